The summed E-state index contributed by atoms with van der Waals surface area (Å²) < 4.78 is 8.34. The third kappa shape index (κ3) is 9.01. The van der Waals surface area contributed by atoms with Crippen molar-refractivity contribution in [3.8, 4) is 0 Å². The maximum absolute atomic E-state index is 8.34. The monoisotopic (exact) mass is 226 g/mol. The molecule has 0 unspecified atom stereocenters. The van der Waals surface area contributed by atoms with Gasteiger partial charge in [0, 0.05) is 19.5 Å². The minimum Gasteiger partial charge on any atom is 0 e. The Morgan fingerprint density at radius 1 is 1.50 bits per heavy atom. The Labute approximate surface area is 70.3 Å². The van der Waals surface area contributed by atoms with Gasteiger partial charge in [0.15, 0.2) is 0 Å². The zero-order valence-corrected chi connectivity index (χ0v) is 9.56. The predicted octanol–water partition coefficient (Wildman–Crippen LogP) is -0.658. The second-order valence-corrected chi connectivity index (χ2v) is 0. The first-order valence-electron chi connectivity index (χ1n) is 0.204. The van der Waals surface area contributed by atoms with Crippen LogP contribution in [-0.2, 0) is 22.6 Å². The molecule has 0 saturated heterocycles. The maximum atomic E-state index is 8.34. The summed E-state index contributed by atoms with van der Waals surface area (Å²) in [7, 11) is 0. The molecule has 0 bridgehead atoms. The third-order valence-corrected chi connectivity index (χ3v) is 0. The van der Waals surface area contributed by atoms with Gasteiger partial charge >= 0.3 is 48.6 Å². The van der Waals surface area contributed by atoms with Crippen LogP contribution in [-0.4, -0.2) is 45.6 Å². The van der Waals surface area contributed by atoms with Crippen LogP contribution in [0.4, 0.5) is 0 Å². The smallest absolute Gasteiger partial charge is 0 e. The van der Waals surface area contributed by atoms with Crippen LogP contribution in [0.25, 0.3) is 0 Å². The summed E-state index contributed by atoms with van der Waals surface area (Å²) >= 11 is 0.300. The van der Waals surface area contributed by atoms with Crippen LogP contribution in [0.2, 0.25) is 0 Å². The van der Waals surface area contributed by atoms with Crippen molar-refractivity contribution in [3.05, 3.63) is 0 Å². The van der Waals surface area contributed by atoms with Gasteiger partial charge in [-0.3, -0.25) is 0 Å². The first kappa shape index (κ1) is 16.7. The average Bonchev–Trinajstić information content (AvgIpc) is 1.00. The Bertz CT molecular complexity index is 13.5. The van der Waals surface area contributed by atoms with E-state index < -0.39 is 0 Å². The van der Waals surface area contributed by atoms with Crippen molar-refractivity contribution in [1.82, 2.24) is 0 Å². The van der Waals surface area contributed by atoms with Crippen LogP contribution in [0.3, 0.4) is 0 Å². The molecule has 0 aliphatic rings. The molecular formula is H2MgOSnZn. The molecule has 4 heavy (non-hydrogen) atoms. The average molecular weight is 226 g/mol. The summed E-state index contributed by atoms with van der Waals surface area (Å²) in [6, 6.07) is 0. The minimum atomic E-state index is 0. The number of hydrogen-bond donors (Lipinski definition) is 0. The van der Waals surface area contributed by atoms with Gasteiger partial charge in [-0.15, -0.1) is 0 Å². The Morgan fingerprint density at radius 2 is 1.50 bits per heavy atom. The molecule has 0 spiro atoms. The van der Waals surface area contributed by atoms with Crippen molar-refractivity contribution in [1.29, 1.82) is 0 Å². The first-order valence-corrected chi connectivity index (χ1v) is 1.37. The molecule has 16 valence electrons. The van der Waals surface area contributed by atoms with E-state index in [1.54, 1.807) is 0 Å². The fourth-order valence-electron chi connectivity index (χ4n) is 0. The van der Waals surface area contributed by atoms with Gasteiger partial charge < -0.3 is 2.85 Å². The minimum absolute atomic E-state index is 0. The molecule has 0 rings (SSSR count). The van der Waals surface area contributed by atoms with Crippen molar-refractivity contribution in [2.75, 3.05) is 0 Å². The number of rotatable bonds is 0. The van der Waals surface area contributed by atoms with Crippen LogP contribution >= 0.6 is 0 Å². The predicted molar refractivity (Wildman–Crippen MR) is 14.4 cm³/mol. The molecular weight excluding hydrogens is 224 g/mol. The molecule has 0 aromatic carbocycles. The van der Waals surface area contributed by atoms with E-state index in [9.17, 15) is 0 Å². The molecule has 0 N–H and O–H groups in total. The van der Waals surface area contributed by atoms with Crippen molar-refractivity contribution >= 4 is 45.6 Å². The molecule has 1 nitrogen and oxygen atoms in total. The van der Waals surface area contributed by atoms with Crippen molar-refractivity contribution in [3.63, 3.8) is 0 Å². The SMILES string of the molecule is [H-].[H-].[Mg+2].[O]=[Sn].[Zn]. The molecule has 0 aliphatic heterocycles. The van der Waals surface area contributed by atoms with Crippen LogP contribution in [0.1, 0.15) is 2.85 Å². The van der Waals surface area contributed by atoms with E-state index in [1.807, 2.05) is 0 Å². The molecule has 0 heterocycles. The fourth-order valence-corrected chi connectivity index (χ4v) is 0. The van der Waals surface area contributed by atoms with Crippen LogP contribution in [0.15, 0.2) is 0 Å². The molecule has 0 saturated carbocycles. The summed E-state index contributed by atoms with van der Waals surface area (Å²) in [5, 5.41) is 0. The summed E-state index contributed by atoms with van der Waals surface area (Å²) in [5.74, 6) is 0. The Morgan fingerprint density at radius 3 is 1.50 bits per heavy atom. The van der Waals surface area contributed by atoms with E-state index in [1.165, 1.54) is 0 Å². The van der Waals surface area contributed by atoms with Crippen LogP contribution < -0.4 is 0 Å². The van der Waals surface area contributed by atoms with E-state index in [0.29, 0.717) is 22.5 Å². The van der Waals surface area contributed by atoms with Crippen LogP contribution in [0, 0.1) is 0 Å². The van der Waals surface area contributed by atoms with E-state index in [-0.39, 0.29) is 45.4 Å². The molecule has 0 aliphatic carbocycles. The van der Waals surface area contributed by atoms with Gasteiger partial charge in [0.05, 0.1) is 0 Å². The summed E-state index contributed by atoms with van der Waals surface area (Å²) in [5.41, 5.74) is 0. The van der Waals surface area contributed by atoms with E-state index in [2.05, 4.69) is 0 Å². The molecule has 0 amide bonds. The van der Waals surface area contributed by atoms with Crippen molar-refractivity contribution in [2.24, 2.45) is 0 Å². The van der Waals surface area contributed by atoms with E-state index in [0.717, 1.165) is 0 Å². The molecule has 0 aromatic heterocycles. The van der Waals surface area contributed by atoms with Crippen molar-refractivity contribution < 1.29 is 25.4 Å². The quantitative estimate of drug-likeness (QED) is 0.501. The second kappa shape index (κ2) is 20.1. The zero-order valence-electron chi connectivity index (χ0n) is 4.32. The van der Waals surface area contributed by atoms with Gasteiger partial charge in [0.25, 0.3) is 0 Å². The van der Waals surface area contributed by atoms with Gasteiger partial charge in [-0.2, -0.15) is 0 Å². The summed E-state index contributed by atoms with van der Waals surface area (Å²) in [6.07, 6.45) is 0. The van der Waals surface area contributed by atoms with Crippen molar-refractivity contribution in [2.45, 2.75) is 0 Å². The normalized spacial score (nSPS) is 1.00. The zero-order chi connectivity index (χ0) is 2.00. The van der Waals surface area contributed by atoms with Gasteiger partial charge in [-0.25, -0.2) is 0 Å². The van der Waals surface area contributed by atoms with Gasteiger partial charge in [-0.1, -0.05) is 0 Å². The summed E-state index contributed by atoms with van der Waals surface area (Å²) in [6.45, 7) is 0. The fraction of sp³-hybridized carbons (Fsp3) is 0. The molecule has 0 atom stereocenters. The summed E-state index contributed by atoms with van der Waals surface area (Å²) in [4.78, 5) is 0. The molecule has 0 aromatic rings. The maximum Gasteiger partial charge on any atom is 0 e. The Hall–Kier alpha value is 1.99. The van der Waals surface area contributed by atoms with Gasteiger partial charge in [-0.05, 0) is 0 Å². The largest absolute Gasteiger partial charge is 0 e. The Balaban J connectivity index is -0.000000000833. The number of hydrogen-bond acceptors (Lipinski definition) is 1. The standard InChI is InChI=1S/Mg.O.Sn.Zn.2H/q+2;;;;2*-1. The first-order chi connectivity index (χ1) is 1.00. The molecule has 2 radical (unpaired) electrons. The Kier molecular flexibility index (Phi) is 83.7. The topological polar surface area (TPSA) is 17.1 Å². The second-order valence-electron chi connectivity index (χ2n) is 0. The van der Waals surface area contributed by atoms with Gasteiger partial charge in [0.2, 0.25) is 0 Å². The molecule has 0 fully saturated rings. The van der Waals surface area contributed by atoms with E-state index >= 15 is 0 Å². The van der Waals surface area contributed by atoms with E-state index in [4.69, 9.17) is 3.08 Å². The van der Waals surface area contributed by atoms with Crippen LogP contribution in [0.5, 0.6) is 0 Å². The molecule has 4 heteroatoms. The van der Waals surface area contributed by atoms with Gasteiger partial charge in [0.1, 0.15) is 0 Å². The third-order valence-electron chi connectivity index (χ3n) is 0.